The molecule has 35 heavy (non-hydrogen) atoms. The first-order chi connectivity index (χ1) is 16.7. The molecule has 188 valence electrons. The fourth-order valence-electron chi connectivity index (χ4n) is 6.09. The number of aliphatic hydroxyl groups excluding tert-OH is 2. The van der Waals surface area contributed by atoms with Gasteiger partial charge < -0.3 is 20.3 Å². The maximum atomic E-state index is 13.7. The van der Waals surface area contributed by atoms with Crippen LogP contribution in [0.1, 0.15) is 45.1 Å². The molecule has 1 saturated heterocycles. The number of carbonyl (C=O) groups is 2. The molecule has 6 nitrogen and oxygen atoms in total. The van der Waals surface area contributed by atoms with Gasteiger partial charge in [0, 0.05) is 18.0 Å². The van der Waals surface area contributed by atoms with Crippen LogP contribution in [0.25, 0.3) is 0 Å². The van der Waals surface area contributed by atoms with E-state index in [2.05, 4.69) is 18.8 Å². The van der Waals surface area contributed by atoms with Crippen molar-refractivity contribution in [3.05, 3.63) is 72.4 Å². The number of hydrogen-bond donors (Lipinski definition) is 3. The molecule has 4 rings (SSSR count). The second-order valence-corrected chi connectivity index (χ2v) is 10.5. The summed E-state index contributed by atoms with van der Waals surface area (Å²) >= 11 is 0. The van der Waals surface area contributed by atoms with Gasteiger partial charge in [0.2, 0.25) is 5.60 Å². The van der Waals surface area contributed by atoms with E-state index in [0.29, 0.717) is 24.3 Å². The average Bonchev–Trinajstić information content (AvgIpc) is 3.09. The van der Waals surface area contributed by atoms with Crippen LogP contribution in [0.15, 0.2) is 66.8 Å². The van der Waals surface area contributed by atoms with E-state index in [0.717, 1.165) is 24.8 Å². The van der Waals surface area contributed by atoms with Crippen LogP contribution in [0.5, 0.6) is 0 Å². The topological polar surface area (TPSA) is 95.9 Å². The fourth-order valence-corrected chi connectivity index (χ4v) is 6.09. The molecule has 2 heterocycles. The zero-order valence-corrected chi connectivity index (χ0v) is 20.6. The van der Waals surface area contributed by atoms with E-state index in [1.54, 1.807) is 0 Å². The summed E-state index contributed by atoms with van der Waals surface area (Å²) in [5, 5.41) is 24.7. The summed E-state index contributed by atoms with van der Waals surface area (Å²) in [6.07, 6.45) is 8.39. The molecule has 1 saturated carbocycles. The maximum Gasteiger partial charge on any atom is 0.331 e. The van der Waals surface area contributed by atoms with Gasteiger partial charge in [-0.3, -0.25) is 4.79 Å². The largest absolute Gasteiger partial charge is 0.445 e. The lowest BCUT2D eigenvalue weighted by Crippen LogP contribution is -2.61. The average molecular weight is 480 g/mol. The van der Waals surface area contributed by atoms with Gasteiger partial charge in [-0.1, -0.05) is 75.8 Å². The summed E-state index contributed by atoms with van der Waals surface area (Å²) in [7, 11) is 0. The lowest BCUT2D eigenvalue weighted by atomic mass is 9.59. The molecule has 1 aliphatic carbocycles. The van der Waals surface area contributed by atoms with Gasteiger partial charge in [0.05, 0.1) is 18.1 Å². The first kappa shape index (κ1) is 25.4. The predicted molar refractivity (Wildman–Crippen MR) is 134 cm³/mol. The van der Waals surface area contributed by atoms with Gasteiger partial charge in [0.1, 0.15) is 0 Å². The number of benzene rings is 1. The molecule has 1 spiro atoms. The summed E-state index contributed by atoms with van der Waals surface area (Å²) in [6, 6.07) is 9.59. The van der Waals surface area contributed by atoms with Crippen molar-refractivity contribution in [3.8, 4) is 0 Å². The van der Waals surface area contributed by atoms with Crippen LogP contribution < -0.4 is 5.32 Å². The van der Waals surface area contributed by atoms with Crippen LogP contribution in [0, 0.1) is 23.7 Å². The number of aliphatic hydroxyl groups is 2. The summed E-state index contributed by atoms with van der Waals surface area (Å²) in [4.78, 5) is 26.8. The van der Waals surface area contributed by atoms with Gasteiger partial charge in [-0.25, -0.2) is 4.79 Å². The highest BCUT2D eigenvalue weighted by molar-refractivity contribution is 5.94. The van der Waals surface area contributed by atoms with Crippen LogP contribution in [0.2, 0.25) is 0 Å². The first-order valence-corrected chi connectivity index (χ1v) is 12.7. The monoisotopic (exact) mass is 479 g/mol. The molecule has 2 aliphatic heterocycles. The number of carbonyl (C=O) groups excluding carboxylic acids is 2. The van der Waals surface area contributed by atoms with Gasteiger partial charge >= 0.3 is 5.97 Å². The lowest BCUT2D eigenvalue weighted by Gasteiger charge is -2.49. The quantitative estimate of drug-likeness (QED) is 0.446. The van der Waals surface area contributed by atoms with E-state index in [1.165, 1.54) is 12.2 Å². The number of rotatable bonds is 2. The predicted octanol–water partition coefficient (Wildman–Crippen LogP) is 3.49. The molecule has 0 bridgehead atoms. The Balaban J connectivity index is 1.78. The maximum absolute atomic E-state index is 13.7. The van der Waals surface area contributed by atoms with E-state index in [9.17, 15) is 19.8 Å². The molecular weight excluding hydrogens is 442 g/mol. The Hall–Kier alpha value is -2.70. The van der Waals surface area contributed by atoms with Crippen molar-refractivity contribution in [3.63, 3.8) is 0 Å². The number of hydrogen-bond acceptors (Lipinski definition) is 5. The van der Waals surface area contributed by atoms with E-state index in [1.807, 2.05) is 49.4 Å². The Morgan fingerprint density at radius 1 is 1.11 bits per heavy atom. The van der Waals surface area contributed by atoms with Crippen molar-refractivity contribution in [2.75, 3.05) is 0 Å². The number of nitrogens with one attached hydrogen (secondary N) is 1. The molecular formula is C29H37NO5. The van der Waals surface area contributed by atoms with Crippen LogP contribution in [-0.4, -0.2) is 45.9 Å². The Labute approximate surface area is 207 Å². The van der Waals surface area contributed by atoms with Crippen molar-refractivity contribution in [1.29, 1.82) is 0 Å². The highest BCUT2D eigenvalue weighted by Crippen LogP contribution is 2.52. The molecule has 1 amide bonds. The van der Waals surface area contributed by atoms with Gasteiger partial charge in [0.25, 0.3) is 5.91 Å². The Morgan fingerprint density at radius 3 is 2.60 bits per heavy atom. The van der Waals surface area contributed by atoms with Crippen LogP contribution in [0.3, 0.4) is 0 Å². The Morgan fingerprint density at radius 2 is 1.86 bits per heavy atom. The van der Waals surface area contributed by atoms with Gasteiger partial charge in [-0.15, -0.1) is 0 Å². The van der Waals surface area contributed by atoms with Crippen molar-refractivity contribution in [2.45, 2.75) is 69.8 Å². The summed E-state index contributed by atoms with van der Waals surface area (Å²) < 4.78 is 6.05. The number of amides is 1. The Kier molecular flexibility index (Phi) is 7.62. The molecule has 3 N–H and O–H groups in total. The highest BCUT2D eigenvalue weighted by Gasteiger charge is 2.67. The van der Waals surface area contributed by atoms with E-state index in [-0.39, 0.29) is 17.9 Å². The molecule has 6 heteroatoms. The van der Waals surface area contributed by atoms with Gasteiger partial charge in [-0.2, -0.15) is 0 Å². The summed E-state index contributed by atoms with van der Waals surface area (Å²) in [6.45, 7) is 8.27. The first-order valence-electron chi connectivity index (χ1n) is 12.7. The SMILES string of the molecule is C=C1[C@@H](C)[C@H]2[C@H](Cc3ccccc3)NC(=O)C23OC(=O)C=C[C@@H](O)CCC[C@@H](C)CC=C[C@H]3[C@@H]1O. The van der Waals surface area contributed by atoms with Crippen LogP contribution in [0.4, 0.5) is 0 Å². The minimum absolute atomic E-state index is 0.262. The van der Waals surface area contributed by atoms with Crippen LogP contribution in [-0.2, 0) is 20.7 Å². The van der Waals surface area contributed by atoms with Crippen molar-refractivity contribution in [2.24, 2.45) is 23.7 Å². The third-order valence-corrected chi connectivity index (χ3v) is 8.04. The normalized spacial score (nSPS) is 38.2. The fraction of sp³-hybridized carbons (Fsp3) is 0.517. The summed E-state index contributed by atoms with van der Waals surface area (Å²) in [5.74, 6) is -2.13. The second-order valence-electron chi connectivity index (χ2n) is 10.5. The molecule has 2 fully saturated rings. The third kappa shape index (κ3) is 5.00. The third-order valence-electron chi connectivity index (χ3n) is 8.04. The highest BCUT2D eigenvalue weighted by atomic mass is 16.6. The molecule has 1 aromatic carbocycles. The number of ether oxygens (including phenoxy) is 1. The second kappa shape index (κ2) is 10.5. The zero-order valence-electron chi connectivity index (χ0n) is 20.6. The molecule has 3 aliphatic rings. The standard InChI is InChI=1S/C29H37NO5/c1-18-9-7-13-22(31)15-16-25(32)35-29-23(14-8-10-18)27(33)20(3)19(2)26(29)24(30-28(29)34)17-21-11-5-4-6-12-21/h4-6,8,11-12,14-16,18-19,22-24,26-27,31,33H,3,7,9-10,13,17H2,1-2H3,(H,30,34)/t18-,19-,22+,23+,24+,26+,27-,29?/m1/s1. The van der Waals surface area contributed by atoms with Crippen molar-refractivity contribution >= 4 is 11.9 Å². The Bertz CT molecular complexity index is 1000. The number of esters is 1. The zero-order chi connectivity index (χ0) is 25.2. The number of allylic oxidation sites excluding steroid dienone is 1. The molecule has 1 aromatic rings. The van der Waals surface area contributed by atoms with E-state index >= 15 is 0 Å². The lowest BCUT2D eigenvalue weighted by molar-refractivity contribution is -0.182. The van der Waals surface area contributed by atoms with Crippen LogP contribution >= 0.6 is 0 Å². The minimum Gasteiger partial charge on any atom is -0.445 e. The van der Waals surface area contributed by atoms with Crippen molar-refractivity contribution < 1.29 is 24.5 Å². The molecule has 8 atom stereocenters. The molecule has 1 unspecified atom stereocenters. The van der Waals surface area contributed by atoms with Crippen molar-refractivity contribution in [1.82, 2.24) is 5.32 Å². The van der Waals surface area contributed by atoms with Gasteiger partial charge in [-0.05, 0) is 48.3 Å². The minimum atomic E-state index is -1.57. The van der Waals surface area contributed by atoms with Gasteiger partial charge in [0.15, 0.2) is 0 Å². The molecule has 0 radical (unpaired) electrons. The van der Waals surface area contributed by atoms with E-state index in [4.69, 9.17) is 4.74 Å². The smallest absolute Gasteiger partial charge is 0.331 e. The summed E-state index contributed by atoms with van der Waals surface area (Å²) in [5.41, 5.74) is 0.136. The molecule has 0 aromatic heterocycles. The van der Waals surface area contributed by atoms with E-state index < -0.39 is 35.6 Å².